The SMILES string of the molecule is CCC(C)Oc1ccc(-c2oc3cc(O)cc(O)c3c(=O)c2O)cc1O. The number of rotatable bonds is 4. The minimum absolute atomic E-state index is 0.0929. The van der Waals surface area contributed by atoms with Crippen molar-refractivity contribution < 1.29 is 29.6 Å². The Kier molecular flexibility index (Phi) is 4.38. The highest BCUT2D eigenvalue weighted by Crippen LogP contribution is 2.38. The number of aromatic hydroxyl groups is 4. The van der Waals surface area contributed by atoms with Gasteiger partial charge in [-0.2, -0.15) is 0 Å². The molecule has 0 amide bonds. The Balaban J connectivity index is 2.15. The van der Waals surface area contributed by atoms with Crippen LogP contribution < -0.4 is 10.2 Å². The number of hydrogen-bond donors (Lipinski definition) is 4. The monoisotopic (exact) mass is 358 g/mol. The van der Waals surface area contributed by atoms with Crippen LogP contribution in [0.25, 0.3) is 22.3 Å². The summed E-state index contributed by atoms with van der Waals surface area (Å²) in [7, 11) is 0. The quantitative estimate of drug-likeness (QED) is 0.563. The first-order valence-corrected chi connectivity index (χ1v) is 8.03. The molecule has 0 radical (unpaired) electrons. The van der Waals surface area contributed by atoms with Crippen molar-refractivity contribution in [2.24, 2.45) is 0 Å². The Bertz CT molecular complexity index is 1040. The fourth-order valence-electron chi connectivity index (χ4n) is 2.53. The minimum Gasteiger partial charge on any atom is -0.508 e. The molecule has 0 aliphatic carbocycles. The van der Waals surface area contributed by atoms with Crippen LogP contribution in [0.1, 0.15) is 20.3 Å². The lowest BCUT2D eigenvalue weighted by Gasteiger charge is -2.14. The van der Waals surface area contributed by atoms with Gasteiger partial charge < -0.3 is 29.6 Å². The summed E-state index contributed by atoms with van der Waals surface area (Å²) >= 11 is 0. The summed E-state index contributed by atoms with van der Waals surface area (Å²) in [5, 5.41) is 39.5. The molecule has 0 saturated heterocycles. The molecule has 4 N–H and O–H groups in total. The number of hydrogen-bond acceptors (Lipinski definition) is 7. The average molecular weight is 358 g/mol. The van der Waals surface area contributed by atoms with Crippen LogP contribution in [0.15, 0.2) is 39.5 Å². The summed E-state index contributed by atoms with van der Waals surface area (Å²) in [6.07, 6.45) is 0.666. The first kappa shape index (κ1) is 17.5. The fourth-order valence-corrected chi connectivity index (χ4v) is 2.53. The van der Waals surface area contributed by atoms with Crippen LogP contribution in [0.3, 0.4) is 0 Å². The molecule has 0 fully saturated rings. The molecule has 0 aliphatic rings. The third kappa shape index (κ3) is 2.99. The van der Waals surface area contributed by atoms with Crippen LogP contribution >= 0.6 is 0 Å². The van der Waals surface area contributed by atoms with Gasteiger partial charge in [-0.05, 0) is 31.5 Å². The Morgan fingerprint density at radius 2 is 1.81 bits per heavy atom. The normalized spacial score (nSPS) is 12.2. The number of phenols is 3. The summed E-state index contributed by atoms with van der Waals surface area (Å²) in [4.78, 5) is 12.4. The molecule has 1 aromatic heterocycles. The van der Waals surface area contributed by atoms with E-state index in [1.807, 2.05) is 13.8 Å². The number of fused-ring (bicyclic) bond motifs is 1. The van der Waals surface area contributed by atoms with Gasteiger partial charge in [0, 0.05) is 17.7 Å². The first-order chi connectivity index (χ1) is 12.3. The van der Waals surface area contributed by atoms with Crippen LogP contribution in [0.2, 0.25) is 0 Å². The van der Waals surface area contributed by atoms with E-state index in [4.69, 9.17) is 9.15 Å². The Morgan fingerprint density at radius 1 is 1.08 bits per heavy atom. The van der Waals surface area contributed by atoms with Crippen molar-refractivity contribution in [1.82, 2.24) is 0 Å². The summed E-state index contributed by atoms with van der Waals surface area (Å²) in [6.45, 7) is 3.81. The minimum atomic E-state index is -0.849. The van der Waals surface area contributed by atoms with E-state index in [0.29, 0.717) is 0 Å². The molecule has 3 aromatic rings. The lowest BCUT2D eigenvalue weighted by atomic mass is 10.1. The maximum Gasteiger partial charge on any atom is 0.238 e. The molecule has 7 heteroatoms. The topological polar surface area (TPSA) is 120 Å². The average Bonchev–Trinajstić information content (AvgIpc) is 2.59. The van der Waals surface area contributed by atoms with Gasteiger partial charge in [-0.25, -0.2) is 0 Å². The standard InChI is InChI=1S/C19H18O7/c1-3-9(2)25-14-5-4-10(6-12(14)21)19-18(24)17(23)16-13(22)7-11(20)8-15(16)26-19/h4-9,20-22,24H,3H2,1-2H3. The van der Waals surface area contributed by atoms with Crippen molar-refractivity contribution in [2.45, 2.75) is 26.4 Å². The highest BCUT2D eigenvalue weighted by molar-refractivity contribution is 5.88. The fraction of sp³-hybridized carbons (Fsp3) is 0.211. The molecule has 136 valence electrons. The van der Waals surface area contributed by atoms with Crippen LogP contribution in [0, 0.1) is 0 Å². The van der Waals surface area contributed by atoms with Gasteiger partial charge in [0.15, 0.2) is 17.3 Å². The van der Waals surface area contributed by atoms with Gasteiger partial charge in [0.1, 0.15) is 22.5 Å². The maximum absolute atomic E-state index is 12.4. The molecule has 0 bridgehead atoms. The zero-order valence-corrected chi connectivity index (χ0v) is 14.2. The van der Waals surface area contributed by atoms with E-state index < -0.39 is 16.9 Å². The molecule has 0 aliphatic heterocycles. The van der Waals surface area contributed by atoms with E-state index in [1.165, 1.54) is 18.2 Å². The zero-order chi connectivity index (χ0) is 19.0. The second kappa shape index (κ2) is 6.51. The Labute approximate surface area is 148 Å². The first-order valence-electron chi connectivity index (χ1n) is 8.03. The summed E-state index contributed by atoms with van der Waals surface area (Å²) in [6, 6.07) is 6.44. The molecule has 2 aromatic carbocycles. The maximum atomic E-state index is 12.4. The van der Waals surface area contributed by atoms with Gasteiger partial charge in [-0.3, -0.25) is 4.79 Å². The van der Waals surface area contributed by atoms with E-state index in [9.17, 15) is 25.2 Å². The van der Waals surface area contributed by atoms with Gasteiger partial charge in [0.2, 0.25) is 11.2 Å². The van der Waals surface area contributed by atoms with Crippen molar-refractivity contribution in [3.05, 3.63) is 40.6 Å². The third-order valence-electron chi connectivity index (χ3n) is 4.06. The van der Waals surface area contributed by atoms with Crippen molar-refractivity contribution in [2.75, 3.05) is 0 Å². The molecule has 3 rings (SSSR count). The van der Waals surface area contributed by atoms with E-state index in [2.05, 4.69) is 0 Å². The lowest BCUT2D eigenvalue weighted by Crippen LogP contribution is -2.09. The van der Waals surface area contributed by atoms with Crippen LogP contribution in [-0.2, 0) is 0 Å². The summed E-state index contributed by atoms with van der Waals surface area (Å²) in [5.41, 5.74) is -0.712. The molecule has 7 nitrogen and oxygen atoms in total. The van der Waals surface area contributed by atoms with E-state index in [0.717, 1.165) is 18.6 Å². The Hall–Kier alpha value is -3.35. The predicted molar refractivity (Wildman–Crippen MR) is 95.0 cm³/mol. The van der Waals surface area contributed by atoms with Gasteiger partial charge in [0.25, 0.3) is 0 Å². The number of ether oxygens (including phenoxy) is 1. The predicted octanol–water partition coefficient (Wildman–Crippen LogP) is 3.46. The molecule has 0 spiro atoms. The molecule has 0 saturated carbocycles. The number of benzene rings is 2. The summed E-state index contributed by atoms with van der Waals surface area (Å²) in [5.74, 6) is -1.62. The molecule has 1 heterocycles. The van der Waals surface area contributed by atoms with Crippen LogP contribution in [-0.4, -0.2) is 26.5 Å². The summed E-state index contributed by atoms with van der Waals surface area (Å²) < 4.78 is 11.1. The molecular formula is C19H18O7. The molecule has 1 unspecified atom stereocenters. The van der Waals surface area contributed by atoms with Crippen LogP contribution in [0.5, 0.6) is 28.7 Å². The highest BCUT2D eigenvalue weighted by atomic mass is 16.5. The Morgan fingerprint density at radius 3 is 2.46 bits per heavy atom. The molecular weight excluding hydrogens is 340 g/mol. The van der Waals surface area contributed by atoms with E-state index >= 15 is 0 Å². The van der Waals surface area contributed by atoms with Crippen molar-refractivity contribution in [1.29, 1.82) is 0 Å². The third-order valence-corrected chi connectivity index (χ3v) is 4.06. The van der Waals surface area contributed by atoms with Crippen molar-refractivity contribution >= 4 is 11.0 Å². The second-order valence-electron chi connectivity index (χ2n) is 5.97. The van der Waals surface area contributed by atoms with Gasteiger partial charge in [-0.1, -0.05) is 6.92 Å². The molecule has 26 heavy (non-hydrogen) atoms. The zero-order valence-electron chi connectivity index (χ0n) is 14.2. The second-order valence-corrected chi connectivity index (χ2v) is 5.97. The van der Waals surface area contributed by atoms with Gasteiger partial charge in [0.05, 0.1) is 6.10 Å². The van der Waals surface area contributed by atoms with Crippen molar-refractivity contribution in [3.63, 3.8) is 0 Å². The highest BCUT2D eigenvalue weighted by Gasteiger charge is 2.20. The number of phenolic OH excluding ortho intramolecular Hbond substituents is 3. The van der Waals surface area contributed by atoms with E-state index in [-0.39, 0.29) is 45.6 Å². The van der Waals surface area contributed by atoms with Crippen LogP contribution in [0.4, 0.5) is 0 Å². The van der Waals surface area contributed by atoms with Gasteiger partial charge in [-0.15, -0.1) is 0 Å². The van der Waals surface area contributed by atoms with Gasteiger partial charge >= 0.3 is 0 Å². The largest absolute Gasteiger partial charge is 0.508 e. The smallest absolute Gasteiger partial charge is 0.238 e. The lowest BCUT2D eigenvalue weighted by molar-refractivity contribution is 0.209. The van der Waals surface area contributed by atoms with E-state index in [1.54, 1.807) is 0 Å². The molecule has 1 atom stereocenters. The van der Waals surface area contributed by atoms with Crippen molar-refractivity contribution in [3.8, 4) is 40.1 Å².